The van der Waals surface area contributed by atoms with Gasteiger partial charge in [-0.3, -0.25) is 0 Å². The van der Waals surface area contributed by atoms with Crippen LogP contribution in [0.2, 0.25) is 0 Å². The number of hydrogen-bond acceptors (Lipinski definition) is 3. The molecule has 1 N–H and O–H groups in total. The van der Waals surface area contributed by atoms with Crippen LogP contribution in [-0.2, 0) is 13.0 Å². The Labute approximate surface area is 128 Å². The highest BCUT2D eigenvalue weighted by Crippen LogP contribution is 2.25. The van der Waals surface area contributed by atoms with Crippen LogP contribution >= 0.6 is 15.9 Å². The number of halogens is 1. The molecule has 0 amide bonds. The number of nitrogens with one attached hydrogen (secondary N) is 1. The predicted molar refractivity (Wildman–Crippen MR) is 84.3 cm³/mol. The van der Waals surface area contributed by atoms with Gasteiger partial charge in [-0.2, -0.15) is 0 Å². The first-order valence-corrected chi connectivity index (χ1v) is 7.56. The van der Waals surface area contributed by atoms with Gasteiger partial charge in [-0.1, -0.05) is 13.0 Å². The van der Waals surface area contributed by atoms with Crippen LogP contribution in [0.25, 0.3) is 0 Å². The largest absolute Gasteiger partial charge is 0.496 e. The van der Waals surface area contributed by atoms with Crippen LogP contribution in [-0.4, -0.2) is 29.8 Å². The summed E-state index contributed by atoms with van der Waals surface area (Å²) in [5.74, 6) is 0.853. The normalized spacial score (nSPS) is 10.8. The van der Waals surface area contributed by atoms with Crippen molar-refractivity contribution in [1.29, 1.82) is 0 Å². The molecular formula is C15H20BrN3O. The van der Waals surface area contributed by atoms with E-state index >= 15 is 0 Å². The van der Waals surface area contributed by atoms with Crippen molar-refractivity contribution in [2.45, 2.75) is 19.9 Å². The van der Waals surface area contributed by atoms with Crippen LogP contribution in [0.1, 0.15) is 18.2 Å². The van der Waals surface area contributed by atoms with Crippen molar-refractivity contribution >= 4 is 15.9 Å². The zero-order valence-electron chi connectivity index (χ0n) is 11.9. The molecule has 0 aliphatic heterocycles. The second-order valence-electron chi connectivity index (χ2n) is 4.61. The van der Waals surface area contributed by atoms with Crippen molar-refractivity contribution in [3.05, 3.63) is 46.5 Å². The summed E-state index contributed by atoms with van der Waals surface area (Å²) in [5, 5.41) is 3.31. The molecule has 0 aliphatic rings. The van der Waals surface area contributed by atoms with Crippen molar-refractivity contribution in [3.63, 3.8) is 0 Å². The third kappa shape index (κ3) is 4.08. The summed E-state index contributed by atoms with van der Waals surface area (Å²) in [5.41, 5.74) is 2.34. The standard InChI is InChI=1S/C15H20BrN3O/c1-3-17-7-6-13-10-19(11-18-13)9-12-4-5-15(20-2)14(16)8-12/h4-5,8,10-11,17H,3,6-7,9H2,1-2H3. The molecule has 20 heavy (non-hydrogen) atoms. The number of likely N-dealkylation sites (N-methyl/N-ethyl adjacent to an activating group) is 1. The van der Waals surface area contributed by atoms with Gasteiger partial charge in [0.15, 0.2) is 0 Å². The van der Waals surface area contributed by atoms with Crippen molar-refractivity contribution < 1.29 is 4.74 Å². The van der Waals surface area contributed by atoms with E-state index in [2.05, 4.69) is 56.1 Å². The lowest BCUT2D eigenvalue weighted by molar-refractivity contribution is 0.412. The number of ether oxygens (including phenoxy) is 1. The van der Waals surface area contributed by atoms with Crippen LogP contribution in [0, 0.1) is 0 Å². The Bertz CT molecular complexity index is 554. The zero-order valence-corrected chi connectivity index (χ0v) is 13.5. The number of aromatic nitrogens is 2. The van der Waals surface area contributed by atoms with Gasteiger partial charge in [0.1, 0.15) is 5.75 Å². The summed E-state index contributed by atoms with van der Waals surface area (Å²) < 4.78 is 8.32. The molecule has 0 fully saturated rings. The Balaban J connectivity index is 1.97. The van der Waals surface area contributed by atoms with Crippen molar-refractivity contribution in [1.82, 2.24) is 14.9 Å². The van der Waals surface area contributed by atoms with Gasteiger partial charge in [0.05, 0.1) is 23.6 Å². The van der Waals surface area contributed by atoms with Crippen LogP contribution in [0.5, 0.6) is 5.75 Å². The molecular weight excluding hydrogens is 318 g/mol. The van der Waals surface area contributed by atoms with Gasteiger partial charge in [0, 0.05) is 25.7 Å². The molecule has 0 unspecified atom stereocenters. The first kappa shape index (κ1) is 15.1. The average molecular weight is 338 g/mol. The molecule has 2 aromatic rings. The summed E-state index contributed by atoms with van der Waals surface area (Å²) >= 11 is 3.51. The van der Waals surface area contributed by atoms with E-state index in [9.17, 15) is 0 Å². The van der Waals surface area contributed by atoms with E-state index in [0.29, 0.717) is 0 Å². The molecule has 0 spiro atoms. The van der Waals surface area contributed by atoms with Crippen molar-refractivity contribution in [2.24, 2.45) is 0 Å². The maximum atomic E-state index is 5.24. The summed E-state index contributed by atoms with van der Waals surface area (Å²) in [6.07, 6.45) is 4.96. The molecule has 1 aromatic heterocycles. The lowest BCUT2D eigenvalue weighted by atomic mass is 10.2. The highest BCUT2D eigenvalue weighted by atomic mass is 79.9. The van der Waals surface area contributed by atoms with Crippen molar-refractivity contribution in [2.75, 3.05) is 20.2 Å². The number of nitrogens with zero attached hydrogens (tertiary/aromatic N) is 2. The van der Waals surface area contributed by atoms with Gasteiger partial charge in [-0.05, 0) is 40.2 Å². The minimum absolute atomic E-state index is 0.816. The lowest BCUT2D eigenvalue weighted by Crippen LogP contribution is -2.16. The molecule has 5 heteroatoms. The predicted octanol–water partition coefficient (Wildman–Crippen LogP) is 2.85. The van der Waals surface area contributed by atoms with E-state index < -0.39 is 0 Å². The van der Waals surface area contributed by atoms with E-state index in [-0.39, 0.29) is 0 Å². The van der Waals surface area contributed by atoms with Gasteiger partial charge in [0.2, 0.25) is 0 Å². The molecule has 0 atom stereocenters. The van der Waals surface area contributed by atoms with Gasteiger partial charge in [-0.15, -0.1) is 0 Å². The van der Waals surface area contributed by atoms with Gasteiger partial charge >= 0.3 is 0 Å². The maximum Gasteiger partial charge on any atom is 0.133 e. The van der Waals surface area contributed by atoms with E-state index in [4.69, 9.17) is 4.74 Å². The topological polar surface area (TPSA) is 39.1 Å². The molecule has 4 nitrogen and oxygen atoms in total. The number of imidazole rings is 1. The SMILES string of the molecule is CCNCCc1cn(Cc2ccc(OC)c(Br)c2)cn1. The summed E-state index contributed by atoms with van der Waals surface area (Å²) in [4.78, 5) is 4.43. The fraction of sp³-hybridized carbons (Fsp3) is 0.400. The maximum absolute atomic E-state index is 5.24. The first-order chi connectivity index (χ1) is 9.72. The summed E-state index contributed by atoms with van der Waals surface area (Å²) in [6, 6.07) is 6.13. The molecule has 0 bridgehead atoms. The molecule has 108 valence electrons. The molecule has 0 saturated carbocycles. The van der Waals surface area contributed by atoms with Crippen LogP contribution in [0.4, 0.5) is 0 Å². The fourth-order valence-electron chi connectivity index (χ4n) is 2.03. The number of hydrogen-bond donors (Lipinski definition) is 1. The molecule has 0 radical (unpaired) electrons. The van der Waals surface area contributed by atoms with Crippen molar-refractivity contribution in [3.8, 4) is 5.75 Å². The Hall–Kier alpha value is -1.33. The average Bonchev–Trinajstić information content (AvgIpc) is 2.87. The minimum Gasteiger partial charge on any atom is -0.496 e. The van der Waals surface area contributed by atoms with Crippen LogP contribution in [0.15, 0.2) is 35.2 Å². The van der Waals surface area contributed by atoms with E-state index in [1.165, 1.54) is 5.56 Å². The Morgan fingerprint density at radius 2 is 2.25 bits per heavy atom. The highest BCUT2D eigenvalue weighted by Gasteiger charge is 2.03. The lowest BCUT2D eigenvalue weighted by Gasteiger charge is -2.07. The van der Waals surface area contributed by atoms with E-state index in [1.807, 2.05) is 12.4 Å². The second-order valence-corrected chi connectivity index (χ2v) is 5.46. The Morgan fingerprint density at radius 1 is 1.40 bits per heavy atom. The minimum atomic E-state index is 0.816. The fourth-order valence-corrected chi connectivity index (χ4v) is 2.62. The molecule has 0 aliphatic carbocycles. The smallest absolute Gasteiger partial charge is 0.133 e. The Morgan fingerprint density at radius 3 is 2.95 bits per heavy atom. The number of rotatable bonds is 7. The molecule has 0 saturated heterocycles. The number of benzene rings is 1. The highest BCUT2D eigenvalue weighted by molar-refractivity contribution is 9.10. The first-order valence-electron chi connectivity index (χ1n) is 6.76. The molecule has 1 heterocycles. The number of methoxy groups -OCH3 is 1. The third-order valence-corrected chi connectivity index (χ3v) is 3.70. The van der Waals surface area contributed by atoms with Gasteiger partial charge in [-0.25, -0.2) is 4.98 Å². The van der Waals surface area contributed by atoms with E-state index in [1.54, 1.807) is 7.11 Å². The Kier molecular flexibility index (Phi) is 5.61. The molecule has 1 aromatic carbocycles. The monoisotopic (exact) mass is 337 g/mol. The summed E-state index contributed by atoms with van der Waals surface area (Å²) in [6.45, 7) is 4.90. The zero-order chi connectivity index (χ0) is 14.4. The second kappa shape index (κ2) is 7.45. The third-order valence-electron chi connectivity index (χ3n) is 3.08. The molecule has 2 rings (SSSR count). The van der Waals surface area contributed by atoms with Gasteiger partial charge in [0.25, 0.3) is 0 Å². The van der Waals surface area contributed by atoms with Gasteiger partial charge < -0.3 is 14.6 Å². The van der Waals surface area contributed by atoms with Crippen LogP contribution in [0.3, 0.4) is 0 Å². The van der Waals surface area contributed by atoms with Crippen LogP contribution < -0.4 is 10.1 Å². The quantitative estimate of drug-likeness (QED) is 0.789. The van der Waals surface area contributed by atoms with E-state index in [0.717, 1.165) is 42.0 Å². The summed E-state index contributed by atoms with van der Waals surface area (Å²) in [7, 11) is 1.67.